The third kappa shape index (κ3) is 4.25. The van der Waals surface area contributed by atoms with Crippen molar-refractivity contribution in [1.29, 1.82) is 0 Å². The van der Waals surface area contributed by atoms with Crippen molar-refractivity contribution >= 4 is 16.8 Å². The van der Waals surface area contributed by atoms with Gasteiger partial charge < -0.3 is 5.11 Å². The lowest BCUT2D eigenvalue weighted by Gasteiger charge is -2.10. The van der Waals surface area contributed by atoms with E-state index in [0.29, 0.717) is 5.75 Å². The molecule has 0 aromatic heterocycles. The zero-order valence-electron chi connectivity index (χ0n) is 8.55. The number of carboxylic acid groups (broad SMARTS) is 1. The molecule has 1 aromatic carbocycles. The average molecular weight is 226 g/mol. The van der Waals surface area contributed by atoms with Crippen LogP contribution >= 0.6 is 0 Å². The van der Waals surface area contributed by atoms with Crippen LogP contribution in [0.15, 0.2) is 30.3 Å². The number of hydrogen-bond acceptors (Lipinski definition) is 2. The topological polar surface area (TPSA) is 54.4 Å². The maximum atomic E-state index is 11.4. The second kappa shape index (κ2) is 5.66. The van der Waals surface area contributed by atoms with E-state index < -0.39 is 16.8 Å². The molecular formula is C11H14O3S. The Balaban J connectivity index is 2.53. The molecule has 0 aliphatic rings. The van der Waals surface area contributed by atoms with Gasteiger partial charge in [0.15, 0.2) is 0 Å². The largest absolute Gasteiger partial charge is 0.481 e. The van der Waals surface area contributed by atoms with Gasteiger partial charge in [-0.05, 0) is 11.5 Å². The van der Waals surface area contributed by atoms with Gasteiger partial charge in [-0.1, -0.05) is 37.3 Å². The van der Waals surface area contributed by atoms with Crippen molar-refractivity contribution in [3.63, 3.8) is 0 Å². The van der Waals surface area contributed by atoms with Crippen LogP contribution in [0.25, 0.3) is 0 Å². The van der Waals surface area contributed by atoms with E-state index in [1.165, 1.54) is 0 Å². The predicted octanol–water partition coefficient (Wildman–Crippen LogP) is 1.62. The third-order valence-electron chi connectivity index (χ3n) is 2.09. The second-order valence-corrected chi connectivity index (χ2v) is 4.96. The lowest BCUT2D eigenvalue weighted by Crippen LogP contribution is -2.15. The first-order chi connectivity index (χ1) is 7.09. The van der Waals surface area contributed by atoms with E-state index in [9.17, 15) is 9.00 Å². The van der Waals surface area contributed by atoms with Crippen LogP contribution in [0.1, 0.15) is 18.4 Å². The maximum absolute atomic E-state index is 11.4. The van der Waals surface area contributed by atoms with Gasteiger partial charge in [0.2, 0.25) is 0 Å². The summed E-state index contributed by atoms with van der Waals surface area (Å²) in [5.74, 6) is -0.743. The second-order valence-electron chi connectivity index (χ2n) is 3.46. The summed E-state index contributed by atoms with van der Waals surface area (Å²) in [6.45, 7) is 1.95. The highest BCUT2D eigenvalue weighted by molar-refractivity contribution is 7.85. The first-order valence-electron chi connectivity index (χ1n) is 4.71. The number of carboxylic acids is 1. The minimum Gasteiger partial charge on any atom is -0.481 e. The van der Waals surface area contributed by atoms with Gasteiger partial charge >= 0.3 is 5.97 Å². The van der Waals surface area contributed by atoms with E-state index in [4.69, 9.17) is 5.11 Å². The van der Waals surface area contributed by atoms with E-state index in [1.54, 1.807) is 0 Å². The SMILES string of the molecule is CC(CS(=O)CC(=O)O)c1ccccc1. The van der Waals surface area contributed by atoms with Gasteiger partial charge in [0.25, 0.3) is 0 Å². The normalized spacial score (nSPS) is 14.5. The van der Waals surface area contributed by atoms with Crippen molar-refractivity contribution in [2.45, 2.75) is 12.8 Å². The Labute approximate surface area is 91.6 Å². The molecule has 2 unspecified atom stereocenters. The number of benzene rings is 1. The maximum Gasteiger partial charge on any atom is 0.316 e. The van der Waals surface area contributed by atoms with Crippen molar-refractivity contribution in [3.8, 4) is 0 Å². The summed E-state index contributed by atoms with van der Waals surface area (Å²) >= 11 is 0. The lowest BCUT2D eigenvalue weighted by atomic mass is 10.0. The molecule has 0 aliphatic heterocycles. The molecule has 15 heavy (non-hydrogen) atoms. The van der Waals surface area contributed by atoms with Crippen molar-refractivity contribution in [2.75, 3.05) is 11.5 Å². The fraction of sp³-hybridized carbons (Fsp3) is 0.364. The molecule has 3 nitrogen and oxygen atoms in total. The van der Waals surface area contributed by atoms with Crippen LogP contribution in [0, 0.1) is 0 Å². The number of hydrogen-bond donors (Lipinski definition) is 1. The Morgan fingerprint density at radius 3 is 2.53 bits per heavy atom. The fourth-order valence-electron chi connectivity index (χ4n) is 1.35. The highest BCUT2D eigenvalue weighted by Crippen LogP contribution is 2.15. The van der Waals surface area contributed by atoms with E-state index in [2.05, 4.69) is 0 Å². The number of aliphatic carboxylic acids is 1. The highest BCUT2D eigenvalue weighted by Gasteiger charge is 2.12. The summed E-state index contributed by atoms with van der Waals surface area (Å²) in [4.78, 5) is 10.3. The van der Waals surface area contributed by atoms with Gasteiger partial charge in [-0.15, -0.1) is 0 Å². The zero-order chi connectivity index (χ0) is 11.3. The molecule has 0 spiro atoms. The molecule has 1 rings (SSSR count). The first kappa shape index (κ1) is 11.9. The zero-order valence-corrected chi connectivity index (χ0v) is 9.37. The molecule has 82 valence electrons. The van der Waals surface area contributed by atoms with Gasteiger partial charge in [0.1, 0.15) is 5.75 Å². The first-order valence-corrected chi connectivity index (χ1v) is 6.20. The lowest BCUT2D eigenvalue weighted by molar-refractivity contribution is -0.133. The molecule has 0 saturated heterocycles. The van der Waals surface area contributed by atoms with E-state index in [-0.39, 0.29) is 11.7 Å². The molecule has 0 heterocycles. The van der Waals surface area contributed by atoms with Gasteiger partial charge in [-0.2, -0.15) is 0 Å². The molecule has 1 N–H and O–H groups in total. The minimum absolute atomic E-state index is 0.131. The third-order valence-corrected chi connectivity index (χ3v) is 3.53. The Morgan fingerprint density at radius 2 is 2.00 bits per heavy atom. The quantitative estimate of drug-likeness (QED) is 0.830. The fourth-order valence-corrected chi connectivity index (χ4v) is 2.50. The number of carbonyl (C=O) groups is 1. The van der Waals surface area contributed by atoms with Crippen LogP contribution in [0.2, 0.25) is 0 Å². The smallest absolute Gasteiger partial charge is 0.316 e. The molecule has 4 heteroatoms. The van der Waals surface area contributed by atoms with Gasteiger partial charge in [0, 0.05) is 16.6 Å². The van der Waals surface area contributed by atoms with E-state index in [0.717, 1.165) is 5.56 Å². The minimum atomic E-state index is -1.28. The molecule has 0 fully saturated rings. The summed E-state index contributed by atoms with van der Waals surface area (Å²) in [6, 6.07) is 9.69. The molecule has 0 amide bonds. The summed E-state index contributed by atoms with van der Waals surface area (Å²) in [5, 5.41) is 8.47. The highest BCUT2D eigenvalue weighted by atomic mass is 32.2. The van der Waals surface area contributed by atoms with E-state index in [1.807, 2.05) is 37.3 Å². The number of rotatable bonds is 5. The van der Waals surface area contributed by atoms with Gasteiger partial charge in [0.05, 0.1) is 0 Å². The van der Waals surface area contributed by atoms with Gasteiger partial charge in [-0.25, -0.2) is 0 Å². The monoisotopic (exact) mass is 226 g/mol. The molecule has 0 saturated carbocycles. The molecule has 0 aliphatic carbocycles. The Kier molecular flexibility index (Phi) is 4.49. The Bertz CT molecular complexity index is 348. The van der Waals surface area contributed by atoms with Crippen molar-refractivity contribution in [2.24, 2.45) is 0 Å². The Hall–Kier alpha value is -1.16. The molecule has 2 atom stereocenters. The molecular weight excluding hydrogens is 212 g/mol. The Morgan fingerprint density at radius 1 is 1.40 bits per heavy atom. The predicted molar refractivity (Wildman–Crippen MR) is 60.4 cm³/mol. The van der Waals surface area contributed by atoms with Crippen LogP contribution in [0.4, 0.5) is 0 Å². The van der Waals surface area contributed by atoms with Crippen LogP contribution in [0.5, 0.6) is 0 Å². The average Bonchev–Trinajstić information content (AvgIpc) is 2.17. The van der Waals surface area contributed by atoms with Crippen LogP contribution in [-0.2, 0) is 15.6 Å². The summed E-state index contributed by atoms with van der Waals surface area (Å²) in [7, 11) is -1.28. The van der Waals surface area contributed by atoms with Crippen molar-refractivity contribution in [1.82, 2.24) is 0 Å². The standard InChI is InChI=1S/C11H14O3S/c1-9(7-15(14)8-11(12)13)10-5-3-2-4-6-10/h2-6,9H,7-8H2,1H3,(H,12,13). The molecule has 0 radical (unpaired) electrons. The summed E-state index contributed by atoms with van der Waals surface area (Å²) in [5.41, 5.74) is 1.09. The van der Waals surface area contributed by atoms with Gasteiger partial charge in [-0.3, -0.25) is 9.00 Å². The van der Waals surface area contributed by atoms with Crippen molar-refractivity contribution in [3.05, 3.63) is 35.9 Å². The van der Waals surface area contributed by atoms with Crippen LogP contribution < -0.4 is 0 Å². The van der Waals surface area contributed by atoms with Crippen LogP contribution in [-0.4, -0.2) is 26.8 Å². The van der Waals surface area contributed by atoms with Crippen molar-refractivity contribution < 1.29 is 14.1 Å². The molecule has 0 bridgehead atoms. The molecule has 1 aromatic rings. The van der Waals surface area contributed by atoms with E-state index >= 15 is 0 Å². The summed E-state index contributed by atoms with van der Waals surface area (Å²) < 4.78 is 11.4. The summed E-state index contributed by atoms with van der Waals surface area (Å²) in [6.07, 6.45) is 0. The van der Waals surface area contributed by atoms with Crippen LogP contribution in [0.3, 0.4) is 0 Å².